The van der Waals surface area contributed by atoms with E-state index in [9.17, 15) is 5.11 Å². The number of aliphatic hydroxyl groups is 1. The van der Waals surface area contributed by atoms with Gasteiger partial charge in [0.1, 0.15) is 0 Å². The highest BCUT2D eigenvalue weighted by Crippen LogP contribution is 2.35. The van der Waals surface area contributed by atoms with E-state index in [2.05, 4.69) is 12.2 Å². The van der Waals surface area contributed by atoms with Crippen LogP contribution in [0.25, 0.3) is 0 Å². The summed E-state index contributed by atoms with van der Waals surface area (Å²) in [5.41, 5.74) is 1.20. The van der Waals surface area contributed by atoms with E-state index in [1.807, 2.05) is 6.07 Å². The third kappa shape index (κ3) is 2.66. The maximum absolute atomic E-state index is 10.0. The molecule has 0 saturated heterocycles. The van der Waals surface area contributed by atoms with E-state index < -0.39 is 0 Å². The highest BCUT2D eigenvalue weighted by molar-refractivity contribution is 5.04. The van der Waals surface area contributed by atoms with Crippen LogP contribution in [0, 0.1) is 5.41 Å². The molecule has 0 bridgehead atoms. The predicted octanol–water partition coefficient (Wildman–Crippen LogP) is 2.31. The molecule has 1 aliphatic carbocycles. The summed E-state index contributed by atoms with van der Waals surface area (Å²) in [6, 6.07) is 1.96. The molecule has 2 rings (SSSR count). The topological polar surface area (TPSA) is 45.4 Å². The van der Waals surface area contributed by atoms with Gasteiger partial charge in [-0.05, 0) is 18.9 Å². The number of hydrogen-bond donors (Lipinski definition) is 2. The lowest BCUT2D eigenvalue weighted by Gasteiger charge is -2.38. The van der Waals surface area contributed by atoms with Crippen molar-refractivity contribution in [2.45, 2.75) is 45.3 Å². The predicted molar refractivity (Wildman–Crippen MR) is 63.0 cm³/mol. The van der Waals surface area contributed by atoms with E-state index in [0.717, 1.165) is 31.5 Å². The molecule has 1 fully saturated rings. The van der Waals surface area contributed by atoms with Crippen molar-refractivity contribution in [1.29, 1.82) is 0 Å². The zero-order valence-electron chi connectivity index (χ0n) is 9.91. The summed E-state index contributed by atoms with van der Waals surface area (Å²) in [7, 11) is 0. The number of hydrogen-bond acceptors (Lipinski definition) is 3. The number of rotatable bonds is 4. The van der Waals surface area contributed by atoms with Gasteiger partial charge in [0.15, 0.2) is 0 Å². The van der Waals surface area contributed by atoms with Crippen LogP contribution in [0.4, 0.5) is 0 Å². The molecule has 0 amide bonds. The van der Waals surface area contributed by atoms with E-state index in [1.54, 1.807) is 12.5 Å². The molecule has 1 aliphatic rings. The van der Waals surface area contributed by atoms with Gasteiger partial charge in [-0.1, -0.05) is 19.8 Å². The normalized spacial score (nSPS) is 30.5. The molecule has 3 heteroatoms. The van der Waals surface area contributed by atoms with Crippen LogP contribution in [0.3, 0.4) is 0 Å². The lowest BCUT2D eigenvalue weighted by Crippen LogP contribution is -2.43. The zero-order valence-corrected chi connectivity index (χ0v) is 9.91. The van der Waals surface area contributed by atoms with Crippen LogP contribution in [0.1, 0.15) is 38.2 Å². The van der Waals surface area contributed by atoms with Gasteiger partial charge in [-0.25, -0.2) is 0 Å². The van der Waals surface area contributed by atoms with Crippen LogP contribution >= 0.6 is 0 Å². The molecular weight excluding hydrogens is 202 g/mol. The van der Waals surface area contributed by atoms with Gasteiger partial charge in [0, 0.05) is 24.1 Å². The SMILES string of the molecule is CC1(CNCc2ccoc2)CCCCC1O. The molecule has 0 aliphatic heterocycles. The molecule has 0 spiro atoms. The van der Waals surface area contributed by atoms with Crippen molar-refractivity contribution in [3.05, 3.63) is 24.2 Å². The first-order chi connectivity index (χ1) is 7.71. The second-order valence-electron chi connectivity index (χ2n) is 5.15. The summed E-state index contributed by atoms with van der Waals surface area (Å²) in [6.45, 7) is 3.87. The molecule has 0 radical (unpaired) electrons. The average molecular weight is 223 g/mol. The first-order valence-corrected chi connectivity index (χ1v) is 6.10. The summed E-state index contributed by atoms with van der Waals surface area (Å²) in [5.74, 6) is 0. The lowest BCUT2D eigenvalue weighted by atomic mass is 9.73. The Balaban J connectivity index is 1.79. The zero-order chi connectivity index (χ0) is 11.4. The van der Waals surface area contributed by atoms with Gasteiger partial charge in [0.05, 0.1) is 18.6 Å². The fraction of sp³-hybridized carbons (Fsp3) is 0.692. The number of furan rings is 1. The third-order valence-electron chi connectivity index (χ3n) is 3.72. The minimum Gasteiger partial charge on any atom is -0.472 e. The van der Waals surface area contributed by atoms with Crippen molar-refractivity contribution in [3.63, 3.8) is 0 Å². The molecular formula is C13H21NO2. The molecule has 1 aromatic rings. The van der Waals surface area contributed by atoms with Crippen molar-refractivity contribution in [1.82, 2.24) is 5.32 Å². The first-order valence-electron chi connectivity index (χ1n) is 6.10. The summed E-state index contributed by atoms with van der Waals surface area (Å²) < 4.78 is 5.01. The van der Waals surface area contributed by atoms with Gasteiger partial charge in [-0.2, -0.15) is 0 Å². The van der Waals surface area contributed by atoms with Crippen molar-refractivity contribution in [2.24, 2.45) is 5.41 Å². The second-order valence-corrected chi connectivity index (χ2v) is 5.15. The first kappa shape index (κ1) is 11.7. The maximum atomic E-state index is 10.0. The Morgan fingerprint density at radius 3 is 3.12 bits per heavy atom. The summed E-state index contributed by atoms with van der Waals surface area (Å²) in [4.78, 5) is 0. The average Bonchev–Trinajstić information content (AvgIpc) is 2.76. The van der Waals surface area contributed by atoms with E-state index in [-0.39, 0.29) is 11.5 Å². The molecule has 1 aromatic heterocycles. The molecule has 0 aromatic carbocycles. The Morgan fingerprint density at radius 1 is 1.56 bits per heavy atom. The van der Waals surface area contributed by atoms with Crippen molar-refractivity contribution < 1.29 is 9.52 Å². The fourth-order valence-electron chi connectivity index (χ4n) is 2.47. The summed E-state index contributed by atoms with van der Waals surface area (Å²) in [5, 5.41) is 13.4. The van der Waals surface area contributed by atoms with Crippen LogP contribution in [-0.2, 0) is 6.54 Å². The fourth-order valence-corrected chi connectivity index (χ4v) is 2.47. The molecule has 2 atom stereocenters. The summed E-state index contributed by atoms with van der Waals surface area (Å²) in [6.07, 6.45) is 7.76. The Morgan fingerprint density at radius 2 is 2.44 bits per heavy atom. The van der Waals surface area contributed by atoms with E-state index in [4.69, 9.17) is 4.42 Å². The van der Waals surface area contributed by atoms with Crippen LogP contribution in [0.2, 0.25) is 0 Å². The smallest absolute Gasteiger partial charge is 0.0947 e. The van der Waals surface area contributed by atoms with Gasteiger partial charge < -0.3 is 14.8 Å². The van der Waals surface area contributed by atoms with Gasteiger partial charge in [-0.3, -0.25) is 0 Å². The van der Waals surface area contributed by atoms with Gasteiger partial charge in [0.25, 0.3) is 0 Å². The minimum absolute atomic E-state index is 0.0436. The Bertz CT molecular complexity index is 310. The number of nitrogens with one attached hydrogen (secondary N) is 1. The van der Waals surface area contributed by atoms with Gasteiger partial charge in [-0.15, -0.1) is 0 Å². The molecule has 1 saturated carbocycles. The highest BCUT2D eigenvalue weighted by atomic mass is 16.3. The lowest BCUT2D eigenvalue weighted by molar-refractivity contribution is 0.00115. The van der Waals surface area contributed by atoms with Crippen LogP contribution < -0.4 is 5.32 Å². The van der Waals surface area contributed by atoms with Crippen LogP contribution in [-0.4, -0.2) is 17.8 Å². The molecule has 2 unspecified atom stereocenters. The second kappa shape index (κ2) is 5.02. The van der Waals surface area contributed by atoms with E-state index in [1.165, 1.54) is 12.8 Å². The minimum atomic E-state index is -0.155. The monoisotopic (exact) mass is 223 g/mol. The Kier molecular flexibility index (Phi) is 3.66. The summed E-state index contributed by atoms with van der Waals surface area (Å²) >= 11 is 0. The van der Waals surface area contributed by atoms with Crippen LogP contribution in [0.5, 0.6) is 0 Å². The van der Waals surface area contributed by atoms with Crippen molar-refractivity contribution in [3.8, 4) is 0 Å². The molecule has 90 valence electrons. The van der Waals surface area contributed by atoms with Crippen LogP contribution in [0.15, 0.2) is 23.0 Å². The third-order valence-corrected chi connectivity index (χ3v) is 3.72. The van der Waals surface area contributed by atoms with E-state index >= 15 is 0 Å². The Labute approximate surface area is 96.8 Å². The molecule has 16 heavy (non-hydrogen) atoms. The highest BCUT2D eigenvalue weighted by Gasteiger charge is 2.34. The largest absolute Gasteiger partial charge is 0.472 e. The Hall–Kier alpha value is -0.800. The number of aliphatic hydroxyl groups excluding tert-OH is 1. The van der Waals surface area contributed by atoms with Crippen molar-refractivity contribution in [2.75, 3.05) is 6.54 Å². The molecule has 3 nitrogen and oxygen atoms in total. The maximum Gasteiger partial charge on any atom is 0.0947 e. The molecule has 2 N–H and O–H groups in total. The van der Waals surface area contributed by atoms with E-state index in [0.29, 0.717) is 0 Å². The van der Waals surface area contributed by atoms with Crippen molar-refractivity contribution >= 4 is 0 Å². The standard InChI is InChI=1S/C13H21NO2/c1-13(6-3-2-4-12(13)15)10-14-8-11-5-7-16-9-11/h5,7,9,12,14-15H,2-4,6,8,10H2,1H3. The van der Waals surface area contributed by atoms with Gasteiger partial charge in [0.2, 0.25) is 0 Å². The van der Waals surface area contributed by atoms with Gasteiger partial charge >= 0.3 is 0 Å². The quantitative estimate of drug-likeness (QED) is 0.823. The molecule has 1 heterocycles.